The van der Waals surface area contributed by atoms with Crippen molar-refractivity contribution in [2.75, 3.05) is 6.54 Å². The Hall–Kier alpha value is -2.60. The summed E-state index contributed by atoms with van der Waals surface area (Å²) in [5.41, 5.74) is 3.89. The van der Waals surface area contributed by atoms with E-state index < -0.39 is 0 Å². The minimum atomic E-state index is -0.211. The lowest BCUT2D eigenvalue weighted by atomic mass is 9.96. The summed E-state index contributed by atoms with van der Waals surface area (Å²) < 4.78 is 15.7. The molecule has 1 fully saturated rings. The van der Waals surface area contributed by atoms with Gasteiger partial charge in [-0.2, -0.15) is 0 Å². The summed E-state index contributed by atoms with van der Waals surface area (Å²) in [6.07, 6.45) is 5.76. The molecule has 1 saturated carbocycles. The second-order valence-corrected chi connectivity index (χ2v) is 8.01. The summed E-state index contributed by atoms with van der Waals surface area (Å²) in [6.45, 7) is 1.94. The van der Waals surface area contributed by atoms with Crippen molar-refractivity contribution in [1.29, 1.82) is 0 Å². The van der Waals surface area contributed by atoms with Crippen LogP contribution in [0.4, 0.5) is 4.39 Å². The van der Waals surface area contributed by atoms with Gasteiger partial charge in [0.15, 0.2) is 6.04 Å². The van der Waals surface area contributed by atoms with E-state index in [1.54, 1.807) is 12.1 Å². The van der Waals surface area contributed by atoms with Gasteiger partial charge in [0.2, 0.25) is 5.82 Å². The zero-order valence-electron chi connectivity index (χ0n) is 15.9. The van der Waals surface area contributed by atoms with Crippen molar-refractivity contribution in [2.45, 2.75) is 50.7 Å². The number of benzene rings is 2. The van der Waals surface area contributed by atoms with Gasteiger partial charge in [0.25, 0.3) is 0 Å². The Bertz CT molecular complexity index is 946. The van der Waals surface area contributed by atoms with Gasteiger partial charge >= 0.3 is 0 Å². The van der Waals surface area contributed by atoms with Crippen LogP contribution in [0, 0.1) is 5.82 Å². The minimum Gasteiger partial charge on any atom is -0.318 e. The Morgan fingerprint density at radius 1 is 1.00 bits per heavy atom. The van der Waals surface area contributed by atoms with E-state index in [2.05, 4.69) is 44.5 Å². The number of quaternary nitrogens is 1. The summed E-state index contributed by atoms with van der Waals surface area (Å²) in [4.78, 5) is 1.42. The topological polar surface area (TPSA) is 48.0 Å². The smallest absolute Gasteiger partial charge is 0.214 e. The second kappa shape index (κ2) is 7.43. The molecule has 2 heterocycles. The third kappa shape index (κ3) is 3.22. The van der Waals surface area contributed by atoms with E-state index in [1.165, 1.54) is 28.9 Å². The van der Waals surface area contributed by atoms with Gasteiger partial charge in [-0.15, -0.1) is 5.10 Å². The van der Waals surface area contributed by atoms with Crippen molar-refractivity contribution in [2.24, 2.45) is 0 Å². The highest BCUT2D eigenvalue weighted by molar-refractivity contribution is 5.28. The molecule has 0 amide bonds. The average molecular weight is 378 g/mol. The number of aromatic nitrogens is 4. The maximum absolute atomic E-state index is 13.6. The molecule has 2 aliphatic rings. The highest BCUT2D eigenvalue weighted by atomic mass is 19.1. The number of tetrazole rings is 1. The zero-order valence-corrected chi connectivity index (χ0v) is 15.9. The maximum Gasteiger partial charge on any atom is 0.214 e. The predicted octanol–water partition coefficient (Wildman–Crippen LogP) is 2.66. The Balaban J connectivity index is 1.55. The summed E-state index contributed by atoms with van der Waals surface area (Å²) >= 11 is 0. The molecule has 1 aromatic heterocycles. The Morgan fingerprint density at radius 3 is 2.54 bits per heavy atom. The lowest BCUT2D eigenvalue weighted by Gasteiger charge is -2.32. The predicted molar refractivity (Wildman–Crippen MR) is 103 cm³/mol. The molecule has 6 heteroatoms. The van der Waals surface area contributed by atoms with E-state index in [9.17, 15) is 4.39 Å². The fourth-order valence-electron chi connectivity index (χ4n) is 4.87. The molecule has 5 nitrogen and oxygen atoms in total. The summed E-state index contributed by atoms with van der Waals surface area (Å²) in [6, 6.07) is 15.9. The first kappa shape index (κ1) is 17.5. The Labute approximate surface area is 164 Å². The summed E-state index contributed by atoms with van der Waals surface area (Å²) in [5.74, 6) is 0.699. The summed E-state index contributed by atoms with van der Waals surface area (Å²) in [5, 5.41) is 12.9. The Kier molecular flexibility index (Phi) is 4.64. The molecular weight excluding hydrogens is 353 g/mol. The molecule has 0 bridgehead atoms. The van der Waals surface area contributed by atoms with Crippen molar-refractivity contribution < 1.29 is 9.29 Å². The van der Waals surface area contributed by atoms with Gasteiger partial charge in [-0.1, -0.05) is 37.1 Å². The molecule has 5 rings (SSSR count). The first-order valence-corrected chi connectivity index (χ1v) is 10.2. The lowest BCUT2D eigenvalue weighted by molar-refractivity contribution is -0.941. The first-order valence-electron chi connectivity index (χ1n) is 10.2. The van der Waals surface area contributed by atoms with Crippen molar-refractivity contribution in [3.05, 3.63) is 76.9 Å². The SMILES string of the molecule is Fc1ccc([C@H](c2nnnn2C2CCCC2)[NH+]2CCc3ccccc3C2)cc1. The van der Waals surface area contributed by atoms with Crippen molar-refractivity contribution in [3.63, 3.8) is 0 Å². The van der Waals surface area contributed by atoms with E-state index in [-0.39, 0.29) is 11.9 Å². The lowest BCUT2D eigenvalue weighted by Crippen LogP contribution is -3.12. The average Bonchev–Trinajstić information content (AvgIpc) is 3.41. The number of nitrogens with zero attached hydrogens (tertiary/aromatic N) is 4. The number of fused-ring (bicyclic) bond motifs is 1. The van der Waals surface area contributed by atoms with Gasteiger partial charge in [0, 0.05) is 17.5 Å². The molecule has 0 saturated heterocycles. The maximum atomic E-state index is 13.6. The molecule has 2 atom stereocenters. The summed E-state index contributed by atoms with van der Waals surface area (Å²) in [7, 11) is 0. The van der Waals surface area contributed by atoms with Gasteiger partial charge in [-0.05, 0) is 53.1 Å². The van der Waals surface area contributed by atoms with Crippen molar-refractivity contribution in [1.82, 2.24) is 20.2 Å². The Morgan fingerprint density at radius 2 is 1.75 bits per heavy atom. The molecule has 1 aliphatic heterocycles. The van der Waals surface area contributed by atoms with E-state index in [1.807, 2.05) is 12.1 Å². The molecule has 1 unspecified atom stereocenters. The quantitative estimate of drug-likeness (QED) is 0.759. The van der Waals surface area contributed by atoms with Gasteiger partial charge < -0.3 is 4.90 Å². The monoisotopic (exact) mass is 378 g/mol. The van der Waals surface area contributed by atoms with Crippen molar-refractivity contribution >= 4 is 0 Å². The van der Waals surface area contributed by atoms with Gasteiger partial charge in [-0.25, -0.2) is 9.07 Å². The van der Waals surface area contributed by atoms with Crippen LogP contribution in [-0.4, -0.2) is 26.8 Å². The number of hydrogen-bond donors (Lipinski definition) is 1. The molecule has 1 N–H and O–H groups in total. The van der Waals surface area contributed by atoms with Crippen LogP contribution in [-0.2, 0) is 13.0 Å². The number of rotatable bonds is 4. The standard InChI is InChI=1S/C22H24FN5/c23-19-11-9-17(10-12-19)21(22-24-25-26-28(22)20-7-3-4-8-20)27-14-13-16-5-1-2-6-18(16)15-27/h1-2,5-6,9-12,20-21H,3-4,7-8,13-15H2/p+1/t21-/m1/s1. The van der Waals surface area contributed by atoms with Gasteiger partial charge in [-0.3, -0.25) is 0 Å². The highest BCUT2D eigenvalue weighted by Gasteiger charge is 2.36. The van der Waals surface area contributed by atoms with Crippen LogP contribution in [0.15, 0.2) is 48.5 Å². The molecule has 0 spiro atoms. The van der Waals surface area contributed by atoms with E-state index >= 15 is 0 Å². The molecule has 0 radical (unpaired) electrons. The third-order valence-electron chi connectivity index (χ3n) is 6.31. The van der Waals surface area contributed by atoms with Crippen LogP contribution in [0.3, 0.4) is 0 Å². The largest absolute Gasteiger partial charge is 0.318 e. The van der Waals surface area contributed by atoms with E-state index in [0.717, 1.165) is 43.7 Å². The first-order chi connectivity index (χ1) is 13.8. The second-order valence-electron chi connectivity index (χ2n) is 8.01. The van der Waals surface area contributed by atoms with Crippen LogP contribution in [0.1, 0.15) is 60.3 Å². The van der Waals surface area contributed by atoms with E-state index in [4.69, 9.17) is 0 Å². The normalized spacial score (nSPS) is 20.8. The van der Waals surface area contributed by atoms with Crippen LogP contribution in [0.5, 0.6) is 0 Å². The number of nitrogens with one attached hydrogen (secondary N) is 1. The number of halogens is 1. The fourth-order valence-corrected chi connectivity index (χ4v) is 4.87. The van der Waals surface area contributed by atoms with Crippen LogP contribution in [0.2, 0.25) is 0 Å². The minimum absolute atomic E-state index is 0.00422. The zero-order chi connectivity index (χ0) is 18.9. The van der Waals surface area contributed by atoms with Crippen LogP contribution in [0.25, 0.3) is 0 Å². The van der Waals surface area contributed by atoms with Crippen LogP contribution < -0.4 is 4.90 Å². The molecule has 1 aliphatic carbocycles. The number of hydrogen-bond acceptors (Lipinski definition) is 3. The van der Waals surface area contributed by atoms with Gasteiger partial charge in [0.1, 0.15) is 12.4 Å². The molecule has 2 aromatic carbocycles. The molecular formula is C22H25FN5+. The van der Waals surface area contributed by atoms with Crippen LogP contribution >= 0.6 is 0 Å². The molecule has 144 valence electrons. The molecule has 3 aromatic rings. The third-order valence-corrected chi connectivity index (χ3v) is 6.31. The van der Waals surface area contributed by atoms with Crippen molar-refractivity contribution in [3.8, 4) is 0 Å². The fraction of sp³-hybridized carbons (Fsp3) is 0.409. The van der Waals surface area contributed by atoms with E-state index in [0.29, 0.717) is 6.04 Å². The van der Waals surface area contributed by atoms with Gasteiger partial charge in [0.05, 0.1) is 12.6 Å². The highest BCUT2D eigenvalue weighted by Crippen LogP contribution is 2.31. The molecule has 28 heavy (non-hydrogen) atoms.